The zero-order chi connectivity index (χ0) is 22.4. The Hall–Kier alpha value is -3.23. The van der Waals surface area contributed by atoms with Gasteiger partial charge in [0.25, 0.3) is 5.56 Å². The topological polar surface area (TPSA) is 108 Å². The number of aromatic nitrogens is 2. The maximum absolute atomic E-state index is 12.7. The molecule has 0 aliphatic carbocycles. The van der Waals surface area contributed by atoms with E-state index in [1.807, 2.05) is 50.2 Å². The average molecular weight is 417 g/mol. The summed E-state index contributed by atoms with van der Waals surface area (Å²) in [5.41, 5.74) is 7.20. The van der Waals surface area contributed by atoms with E-state index in [0.717, 1.165) is 24.1 Å². The number of nitrogens with one attached hydrogen (secondary N) is 1. The summed E-state index contributed by atoms with van der Waals surface area (Å²) in [6.45, 7) is 2.83. The molecular formula is C21H32N6O3. The number of unbranched alkanes of at least 4 members (excludes halogenated alkanes) is 1. The normalized spacial score (nSPS) is 10.7. The number of nitrogens with two attached hydrogens (primary N) is 1. The Morgan fingerprint density at radius 3 is 2.30 bits per heavy atom. The minimum absolute atomic E-state index is 0.0362. The van der Waals surface area contributed by atoms with Gasteiger partial charge < -0.3 is 20.4 Å². The van der Waals surface area contributed by atoms with Crippen molar-refractivity contribution in [3.05, 3.63) is 50.7 Å². The third-order valence-electron chi connectivity index (χ3n) is 5.00. The van der Waals surface area contributed by atoms with Crippen molar-refractivity contribution in [2.45, 2.75) is 32.9 Å². The van der Waals surface area contributed by atoms with Crippen LogP contribution in [0.2, 0.25) is 0 Å². The number of nitrogen functional groups attached to an aromatic ring is 1. The van der Waals surface area contributed by atoms with Crippen molar-refractivity contribution < 1.29 is 4.79 Å². The van der Waals surface area contributed by atoms with Crippen LogP contribution in [0.1, 0.15) is 25.3 Å². The van der Waals surface area contributed by atoms with Crippen LogP contribution in [0.5, 0.6) is 0 Å². The van der Waals surface area contributed by atoms with Gasteiger partial charge in [0.2, 0.25) is 5.91 Å². The molecule has 0 aliphatic rings. The van der Waals surface area contributed by atoms with E-state index in [1.165, 1.54) is 9.47 Å². The Morgan fingerprint density at radius 2 is 1.73 bits per heavy atom. The van der Waals surface area contributed by atoms with Crippen molar-refractivity contribution in [3.63, 3.8) is 0 Å². The first-order chi connectivity index (χ1) is 14.1. The molecule has 0 fully saturated rings. The molecule has 2 aromatic rings. The van der Waals surface area contributed by atoms with E-state index in [1.54, 1.807) is 19.0 Å². The van der Waals surface area contributed by atoms with E-state index < -0.39 is 11.2 Å². The van der Waals surface area contributed by atoms with Gasteiger partial charge in [-0.05, 0) is 24.1 Å². The molecule has 3 N–H and O–H groups in total. The first-order valence-electron chi connectivity index (χ1n) is 9.99. The Kier molecular flexibility index (Phi) is 7.68. The third kappa shape index (κ3) is 5.43. The van der Waals surface area contributed by atoms with Gasteiger partial charge in [-0.15, -0.1) is 0 Å². The van der Waals surface area contributed by atoms with Gasteiger partial charge in [0.05, 0.1) is 6.54 Å². The van der Waals surface area contributed by atoms with Crippen LogP contribution in [-0.2, 0) is 17.9 Å². The molecular weight excluding hydrogens is 384 g/mol. The number of carbonyl (C=O) groups excluding carboxylic acids is 1. The van der Waals surface area contributed by atoms with Crippen LogP contribution >= 0.6 is 0 Å². The minimum atomic E-state index is -0.595. The lowest BCUT2D eigenvalue weighted by molar-refractivity contribution is -0.128. The van der Waals surface area contributed by atoms with Crippen LogP contribution in [-0.4, -0.2) is 55.1 Å². The minimum Gasteiger partial charge on any atom is -0.383 e. The zero-order valence-corrected chi connectivity index (χ0v) is 18.4. The molecule has 1 heterocycles. The maximum atomic E-state index is 12.7. The highest BCUT2D eigenvalue weighted by molar-refractivity contribution is 5.82. The highest BCUT2D eigenvalue weighted by atomic mass is 16.2. The van der Waals surface area contributed by atoms with Gasteiger partial charge in [-0.1, -0.05) is 25.5 Å². The number of amides is 1. The number of aromatic amines is 1. The number of hydrogen-bond donors (Lipinski definition) is 2. The fraction of sp³-hybridized carbons (Fsp3) is 0.476. The first-order valence-corrected chi connectivity index (χ1v) is 9.99. The predicted octanol–water partition coefficient (Wildman–Crippen LogP) is 1.08. The lowest BCUT2D eigenvalue weighted by Crippen LogP contribution is -2.41. The summed E-state index contributed by atoms with van der Waals surface area (Å²) in [4.78, 5) is 44.5. The van der Waals surface area contributed by atoms with Gasteiger partial charge in [0.15, 0.2) is 0 Å². The van der Waals surface area contributed by atoms with Crippen LogP contribution in [0.4, 0.5) is 17.2 Å². The first kappa shape index (κ1) is 23.1. The summed E-state index contributed by atoms with van der Waals surface area (Å²) in [5.74, 6) is -0.0891. The molecule has 0 unspecified atom stereocenters. The van der Waals surface area contributed by atoms with E-state index in [-0.39, 0.29) is 24.0 Å². The Bertz CT molecular complexity index is 978. The van der Waals surface area contributed by atoms with Crippen LogP contribution in [0.25, 0.3) is 0 Å². The zero-order valence-electron chi connectivity index (χ0n) is 18.4. The average Bonchev–Trinajstić information content (AvgIpc) is 2.67. The van der Waals surface area contributed by atoms with Crippen LogP contribution in [0, 0.1) is 0 Å². The molecule has 30 heavy (non-hydrogen) atoms. The molecule has 0 radical (unpaired) electrons. The third-order valence-corrected chi connectivity index (χ3v) is 5.00. The summed E-state index contributed by atoms with van der Waals surface area (Å²) in [5, 5.41) is 0. The molecule has 0 atom stereocenters. The van der Waals surface area contributed by atoms with Crippen LogP contribution in [0.3, 0.4) is 0 Å². The Labute approximate surface area is 176 Å². The molecule has 0 bridgehead atoms. The van der Waals surface area contributed by atoms with Crippen molar-refractivity contribution in [1.82, 2.24) is 14.5 Å². The Balaban J connectivity index is 2.12. The van der Waals surface area contributed by atoms with Crippen LogP contribution in [0.15, 0.2) is 33.9 Å². The molecule has 9 heteroatoms. The largest absolute Gasteiger partial charge is 0.383 e. The summed E-state index contributed by atoms with van der Waals surface area (Å²) in [7, 11) is 7.28. The number of anilines is 3. The summed E-state index contributed by atoms with van der Waals surface area (Å²) in [6.07, 6.45) is 1.64. The maximum Gasteiger partial charge on any atom is 0.330 e. The predicted molar refractivity (Wildman–Crippen MR) is 121 cm³/mol. The Morgan fingerprint density at radius 1 is 1.10 bits per heavy atom. The smallest absolute Gasteiger partial charge is 0.330 e. The van der Waals surface area contributed by atoms with Crippen molar-refractivity contribution in [1.29, 1.82) is 0 Å². The molecule has 0 saturated heterocycles. The molecule has 0 aliphatic heterocycles. The molecule has 0 spiro atoms. The second kappa shape index (κ2) is 10.00. The van der Waals surface area contributed by atoms with Crippen molar-refractivity contribution in [2.24, 2.45) is 0 Å². The molecule has 0 saturated carbocycles. The summed E-state index contributed by atoms with van der Waals surface area (Å²) in [6, 6.07) is 7.96. The van der Waals surface area contributed by atoms with Crippen molar-refractivity contribution in [2.75, 3.05) is 50.3 Å². The van der Waals surface area contributed by atoms with Crippen LogP contribution < -0.4 is 26.8 Å². The number of carbonyl (C=O) groups is 1. The monoisotopic (exact) mass is 416 g/mol. The van der Waals surface area contributed by atoms with Gasteiger partial charge >= 0.3 is 5.69 Å². The molecule has 1 aromatic heterocycles. The van der Waals surface area contributed by atoms with E-state index in [9.17, 15) is 14.4 Å². The lowest BCUT2D eigenvalue weighted by Gasteiger charge is -2.24. The molecule has 2 rings (SSSR count). The van der Waals surface area contributed by atoms with E-state index in [0.29, 0.717) is 13.1 Å². The second-order valence-electron chi connectivity index (χ2n) is 7.67. The fourth-order valence-corrected chi connectivity index (χ4v) is 3.15. The van der Waals surface area contributed by atoms with Gasteiger partial charge in [0.1, 0.15) is 11.5 Å². The van der Waals surface area contributed by atoms with Gasteiger partial charge in [-0.3, -0.25) is 19.1 Å². The highest BCUT2D eigenvalue weighted by Crippen LogP contribution is 2.16. The van der Waals surface area contributed by atoms with Crippen molar-refractivity contribution in [3.8, 4) is 0 Å². The van der Waals surface area contributed by atoms with Gasteiger partial charge in [0, 0.05) is 47.0 Å². The number of benzene rings is 1. The standard InChI is InChI=1S/C21H32N6O3/c1-6-7-12-27-19(22)18(20(29)23-21(27)30)26(5)14-17(28)25(4)13-15-8-10-16(11-9-15)24(2)3/h8-11H,6-7,12-14,22H2,1-5H3,(H,23,29,30). The van der Waals surface area contributed by atoms with E-state index in [4.69, 9.17) is 5.73 Å². The van der Waals surface area contributed by atoms with Crippen molar-refractivity contribution >= 4 is 23.1 Å². The summed E-state index contributed by atoms with van der Waals surface area (Å²) >= 11 is 0. The SMILES string of the molecule is CCCCn1c(N)c(N(C)CC(=O)N(C)Cc2ccc(N(C)C)cc2)c(=O)[nH]c1=O. The molecule has 164 valence electrons. The number of nitrogens with zero attached hydrogens (tertiary/aromatic N) is 4. The molecule has 1 amide bonds. The van der Waals surface area contributed by atoms with Gasteiger partial charge in [-0.25, -0.2) is 4.79 Å². The molecule has 1 aromatic carbocycles. The highest BCUT2D eigenvalue weighted by Gasteiger charge is 2.19. The summed E-state index contributed by atoms with van der Waals surface area (Å²) < 4.78 is 1.34. The van der Waals surface area contributed by atoms with E-state index in [2.05, 4.69) is 4.98 Å². The number of rotatable bonds is 9. The molecule has 9 nitrogen and oxygen atoms in total. The quantitative estimate of drug-likeness (QED) is 0.633. The lowest BCUT2D eigenvalue weighted by atomic mass is 10.2. The number of H-pyrrole nitrogens is 1. The van der Waals surface area contributed by atoms with Gasteiger partial charge in [-0.2, -0.15) is 0 Å². The van der Waals surface area contributed by atoms with E-state index >= 15 is 0 Å². The number of hydrogen-bond acceptors (Lipinski definition) is 6. The fourth-order valence-electron chi connectivity index (χ4n) is 3.15. The number of likely N-dealkylation sites (N-methyl/N-ethyl adjacent to an activating group) is 2. The second-order valence-corrected chi connectivity index (χ2v) is 7.67.